The standard InChI is InChI=1S/C14H23N3O3/c1-8(2)13(14(19)20)15-12(18)7-11(5)17-10(4)6-9(3)16-17/h6,8,11,13H,7H2,1-5H3,(H,15,18)(H,19,20). The Balaban J connectivity index is 2.66. The van der Waals surface area contributed by atoms with Gasteiger partial charge in [-0.05, 0) is 32.8 Å². The molecule has 2 unspecified atom stereocenters. The summed E-state index contributed by atoms with van der Waals surface area (Å²) in [6, 6.07) is 0.989. The van der Waals surface area contributed by atoms with Crippen molar-refractivity contribution in [3.8, 4) is 0 Å². The van der Waals surface area contributed by atoms with Crippen molar-refractivity contribution in [2.45, 2.75) is 53.1 Å². The summed E-state index contributed by atoms with van der Waals surface area (Å²) >= 11 is 0. The van der Waals surface area contributed by atoms with E-state index in [-0.39, 0.29) is 24.3 Å². The van der Waals surface area contributed by atoms with Crippen molar-refractivity contribution >= 4 is 11.9 Å². The van der Waals surface area contributed by atoms with E-state index in [4.69, 9.17) is 5.11 Å². The van der Waals surface area contributed by atoms with Crippen molar-refractivity contribution in [1.29, 1.82) is 0 Å². The normalized spacial score (nSPS) is 14.1. The quantitative estimate of drug-likeness (QED) is 0.831. The van der Waals surface area contributed by atoms with Gasteiger partial charge in [0.05, 0.1) is 11.7 Å². The Morgan fingerprint density at radius 3 is 2.35 bits per heavy atom. The van der Waals surface area contributed by atoms with Crippen molar-refractivity contribution < 1.29 is 14.7 Å². The first kappa shape index (κ1) is 16.2. The lowest BCUT2D eigenvalue weighted by atomic mass is 10.0. The van der Waals surface area contributed by atoms with E-state index in [9.17, 15) is 9.59 Å². The molecular formula is C14H23N3O3. The Morgan fingerprint density at radius 2 is 1.95 bits per heavy atom. The highest BCUT2D eigenvalue weighted by Crippen LogP contribution is 2.14. The first-order chi connectivity index (χ1) is 9.22. The molecule has 1 heterocycles. The van der Waals surface area contributed by atoms with E-state index in [0.29, 0.717) is 0 Å². The van der Waals surface area contributed by atoms with Crippen LogP contribution >= 0.6 is 0 Å². The van der Waals surface area contributed by atoms with Crippen molar-refractivity contribution in [2.24, 2.45) is 5.92 Å². The zero-order valence-corrected chi connectivity index (χ0v) is 12.7. The van der Waals surface area contributed by atoms with Gasteiger partial charge in [0.2, 0.25) is 5.91 Å². The summed E-state index contributed by atoms with van der Waals surface area (Å²) in [6.07, 6.45) is 0.207. The number of hydrogen-bond acceptors (Lipinski definition) is 3. The molecule has 0 saturated heterocycles. The van der Waals surface area contributed by atoms with Crippen LogP contribution in [0.15, 0.2) is 6.07 Å². The number of nitrogens with one attached hydrogen (secondary N) is 1. The van der Waals surface area contributed by atoms with Crippen LogP contribution in [0.5, 0.6) is 0 Å². The maximum Gasteiger partial charge on any atom is 0.326 e. The number of nitrogens with zero attached hydrogens (tertiary/aromatic N) is 2. The molecule has 0 spiro atoms. The second-order valence-corrected chi connectivity index (χ2v) is 5.55. The average molecular weight is 281 g/mol. The summed E-state index contributed by atoms with van der Waals surface area (Å²) in [6.45, 7) is 9.26. The lowest BCUT2D eigenvalue weighted by Crippen LogP contribution is -2.44. The molecule has 1 rings (SSSR count). The molecule has 2 N–H and O–H groups in total. The molecule has 0 aliphatic heterocycles. The number of carboxylic acids is 1. The summed E-state index contributed by atoms with van der Waals surface area (Å²) < 4.78 is 1.79. The van der Waals surface area contributed by atoms with Crippen LogP contribution in [0.25, 0.3) is 0 Å². The minimum absolute atomic E-state index is 0.106. The average Bonchev–Trinajstić information content (AvgIpc) is 2.64. The first-order valence-corrected chi connectivity index (χ1v) is 6.77. The summed E-state index contributed by atoms with van der Waals surface area (Å²) in [5.74, 6) is -1.43. The zero-order valence-electron chi connectivity index (χ0n) is 12.7. The van der Waals surface area contributed by atoms with Gasteiger partial charge in [0.25, 0.3) is 0 Å². The van der Waals surface area contributed by atoms with Gasteiger partial charge in [-0.2, -0.15) is 5.10 Å². The van der Waals surface area contributed by atoms with Crippen molar-refractivity contribution in [2.75, 3.05) is 0 Å². The van der Waals surface area contributed by atoms with E-state index < -0.39 is 12.0 Å². The molecule has 112 valence electrons. The number of rotatable bonds is 6. The van der Waals surface area contributed by atoms with Gasteiger partial charge < -0.3 is 10.4 Å². The Labute approximate surface area is 119 Å². The smallest absolute Gasteiger partial charge is 0.326 e. The monoisotopic (exact) mass is 281 g/mol. The molecule has 0 aliphatic rings. The molecule has 1 amide bonds. The number of hydrogen-bond donors (Lipinski definition) is 2. The number of aliphatic carboxylic acids is 1. The second-order valence-electron chi connectivity index (χ2n) is 5.55. The second kappa shape index (κ2) is 6.54. The predicted molar refractivity (Wildman–Crippen MR) is 75.4 cm³/mol. The summed E-state index contributed by atoms with van der Waals surface area (Å²) in [7, 11) is 0. The van der Waals surface area contributed by atoms with E-state index in [1.165, 1.54) is 0 Å². The fourth-order valence-corrected chi connectivity index (χ4v) is 2.19. The van der Waals surface area contributed by atoms with E-state index in [1.54, 1.807) is 18.5 Å². The van der Waals surface area contributed by atoms with Gasteiger partial charge in [-0.1, -0.05) is 13.8 Å². The molecule has 6 nitrogen and oxygen atoms in total. The number of aryl methyl sites for hydroxylation is 2. The van der Waals surface area contributed by atoms with Gasteiger partial charge in [0.1, 0.15) is 6.04 Å². The summed E-state index contributed by atoms with van der Waals surface area (Å²) in [5.41, 5.74) is 1.89. The number of carbonyl (C=O) groups is 2. The van der Waals surface area contributed by atoms with Crippen LogP contribution in [0.1, 0.15) is 44.6 Å². The molecular weight excluding hydrogens is 258 g/mol. The molecule has 0 aliphatic carbocycles. The van der Waals surface area contributed by atoms with E-state index in [1.807, 2.05) is 26.8 Å². The molecule has 0 bridgehead atoms. The zero-order chi connectivity index (χ0) is 15.4. The van der Waals surface area contributed by atoms with E-state index >= 15 is 0 Å². The SMILES string of the molecule is Cc1cc(C)n(C(C)CC(=O)NC(C(=O)O)C(C)C)n1. The fraction of sp³-hybridized carbons (Fsp3) is 0.643. The van der Waals surface area contributed by atoms with Crippen LogP contribution in [0.2, 0.25) is 0 Å². The Bertz CT molecular complexity index is 494. The number of carboxylic acid groups (broad SMARTS) is 1. The highest BCUT2D eigenvalue weighted by molar-refractivity contribution is 5.83. The molecule has 6 heteroatoms. The molecule has 2 atom stereocenters. The van der Waals surface area contributed by atoms with Crippen LogP contribution in [0.4, 0.5) is 0 Å². The highest BCUT2D eigenvalue weighted by Gasteiger charge is 2.24. The third kappa shape index (κ3) is 4.08. The minimum atomic E-state index is -1.01. The van der Waals surface area contributed by atoms with Crippen molar-refractivity contribution in [1.82, 2.24) is 15.1 Å². The highest BCUT2D eigenvalue weighted by atomic mass is 16.4. The molecule has 0 radical (unpaired) electrons. The molecule has 20 heavy (non-hydrogen) atoms. The summed E-state index contributed by atoms with van der Waals surface area (Å²) in [4.78, 5) is 23.0. The molecule has 1 aromatic rings. The van der Waals surface area contributed by atoms with Crippen molar-refractivity contribution in [3.05, 3.63) is 17.5 Å². The van der Waals surface area contributed by atoms with E-state index in [0.717, 1.165) is 11.4 Å². The van der Waals surface area contributed by atoms with Gasteiger partial charge in [0.15, 0.2) is 0 Å². The van der Waals surface area contributed by atoms with Gasteiger partial charge in [-0.15, -0.1) is 0 Å². The Hall–Kier alpha value is -1.85. The maximum atomic E-state index is 11.9. The summed E-state index contributed by atoms with van der Waals surface area (Å²) in [5, 5.41) is 16.0. The van der Waals surface area contributed by atoms with Gasteiger partial charge in [-0.3, -0.25) is 9.48 Å². The number of amides is 1. The lowest BCUT2D eigenvalue weighted by molar-refractivity contribution is -0.143. The molecule has 0 aromatic carbocycles. The Kier molecular flexibility index (Phi) is 5.30. The van der Waals surface area contributed by atoms with Crippen LogP contribution in [0.3, 0.4) is 0 Å². The Morgan fingerprint density at radius 1 is 1.35 bits per heavy atom. The van der Waals surface area contributed by atoms with Crippen molar-refractivity contribution in [3.63, 3.8) is 0 Å². The minimum Gasteiger partial charge on any atom is -0.480 e. The molecule has 1 aromatic heterocycles. The van der Waals surface area contributed by atoms with Crippen LogP contribution in [-0.2, 0) is 9.59 Å². The molecule has 0 fully saturated rings. The van der Waals surface area contributed by atoms with Crippen LogP contribution in [0, 0.1) is 19.8 Å². The number of carbonyl (C=O) groups excluding carboxylic acids is 1. The van der Waals surface area contributed by atoms with Gasteiger partial charge in [0, 0.05) is 12.1 Å². The van der Waals surface area contributed by atoms with Gasteiger partial charge in [-0.25, -0.2) is 4.79 Å². The lowest BCUT2D eigenvalue weighted by Gasteiger charge is -2.20. The maximum absolute atomic E-state index is 11.9. The topological polar surface area (TPSA) is 84.2 Å². The fourth-order valence-electron chi connectivity index (χ4n) is 2.19. The van der Waals surface area contributed by atoms with Crippen LogP contribution < -0.4 is 5.32 Å². The molecule has 0 saturated carbocycles. The third-order valence-corrected chi connectivity index (χ3v) is 3.19. The van der Waals surface area contributed by atoms with Gasteiger partial charge >= 0.3 is 5.97 Å². The largest absolute Gasteiger partial charge is 0.480 e. The first-order valence-electron chi connectivity index (χ1n) is 6.77. The number of aromatic nitrogens is 2. The predicted octanol–water partition coefficient (Wildman–Crippen LogP) is 1.68. The third-order valence-electron chi connectivity index (χ3n) is 3.19. The van der Waals surface area contributed by atoms with Crippen LogP contribution in [-0.4, -0.2) is 32.8 Å². The van der Waals surface area contributed by atoms with E-state index in [2.05, 4.69) is 10.4 Å².